The molecule has 5 nitrogen and oxygen atoms in total. The summed E-state index contributed by atoms with van der Waals surface area (Å²) < 4.78 is 11.3. The summed E-state index contributed by atoms with van der Waals surface area (Å²) in [6.07, 6.45) is 2.65. The van der Waals surface area contributed by atoms with Crippen molar-refractivity contribution in [2.45, 2.75) is 32.9 Å². The maximum atomic E-state index is 12.7. The zero-order valence-corrected chi connectivity index (χ0v) is 18.0. The summed E-state index contributed by atoms with van der Waals surface area (Å²) in [5, 5.41) is 0.317. The van der Waals surface area contributed by atoms with E-state index in [9.17, 15) is 9.59 Å². The van der Waals surface area contributed by atoms with E-state index in [0.717, 1.165) is 29.3 Å². The molecule has 2 aromatic rings. The fraction of sp³-hybridized carbons (Fsp3) is 0.273. The number of carbonyl (C=O) groups excluding carboxylic acids is 2. The van der Waals surface area contributed by atoms with Gasteiger partial charge in [-0.2, -0.15) is 0 Å². The highest BCUT2D eigenvalue weighted by Crippen LogP contribution is 2.35. The molecule has 2 amide bonds. The lowest BCUT2D eigenvalue weighted by Gasteiger charge is -2.15. The van der Waals surface area contributed by atoms with E-state index in [-0.39, 0.29) is 23.8 Å². The van der Waals surface area contributed by atoms with E-state index in [2.05, 4.69) is 0 Å². The van der Waals surface area contributed by atoms with Gasteiger partial charge < -0.3 is 9.47 Å². The summed E-state index contributed by atoms with van der Waals surface area (Å²) in [6, 6.07) is 12.5. The SMILES string of the molecule is CC[C@H](C)Oc1ccc(/C=C2\SC(=O)N(Cc3ccc(Cl)cc3)C2=O)cc1OC. The van der Waals surface area contributed by atoms with Gasteiger partial charge in [-0.15, -0.1) is 0 Å². The largest absolute Gasteiger partial charge is 0.493 e. The first-order valence-electron chi connectivity index (χ1n) is 9.25. The highest BCUT2D eigenvalue weighted by Gasteiger charge is 2.35. The third kappa shape index (κ3) is 5.14. The zero-order valence-electron chi connectivity index (χ0n) is 16.5. The number of methoxy groups -OCH3 is 1. The number of carbonyl (C=O) groups is 2. The standard InChI is InChI=1S/C22H22ClNO4S/c1-4-14(2)28-18-10-7-16(11-19(18)27-3)12-20-21(25)24(22(26)29-20)13-15-5-8-17(23)9-6-15/h5-12,14H,4,13H2,1-3H3/b20-12-/t14-/m0/s1. The van der Waals surface area contributed by atoms with Gasteiger partial charge in [0.25, 0.3) is 11.1 Å². The lowest BCUT2D eigenvalue weighted by Crippen LogP contribution is -2.27. The van der Waals surface area contributed by atoms with E-state index >= 15 is 0 Å². The fourth-order valence-electron chi connectivity index (χ4n) is 2.73. The summed E-state index contributed by atoms with van der Waals surface area (Å²) in [7, 11) is 1.57. The van der Waals surface area contributed by atoms with Gasteiger partial charge in [0.2, 0.25) is 0 Å². The Labute approximate surface area is 179 Å². The number of rotatable bonds is 7. The second-order valence-corrected chi connectivity index (χ2v) is 8.07. The number of amides is 2. The molecule has 0 unspecified atom stereocenters. The van der Waals surface area contributed by atoms with Crippen LogP contribution >= 0.6 is 23.4 Å². The van der Waals surface area contributed by atoms with Gasteiger partial charge in [-0.05, 0) is 66.6 Å². The van der Waals surface area contributed by atoms with Gasteiger partial charge in [0.15, 0.2) is 11.5 Å². The Morgan fingerprint density at radius 1 is 1.14 bits per heavy atom. The minimum absolute atomic E-state index is 0.0686. The first-order valence-corrected chi connectivity index (χ1v) is 10.4. The first kappa shape index (κ1) is 21.3. The molecule has 3 rings (SSSR count). The van der Waals surface area contributed by atoms with Gasteiger partial charge in [-0.1, -0.05) is 36.7 Å². The van der Waals surface area contributed by atoms with Crippen molar-refractivity contribution >= 4 is 40.6 Å². The van der Waals surface area contributed by atoms with E-state index in [1.165, 1.54) is 4.90 Å². The topological polar surface area (TPSA) is 55.8 Å². The number of hydrogen-bond acceptors (Lipinski definition) is 5. The Hall–Kier alpha value is -2.44. The fourth-order valence-corrected chi connectivity index (χ4v) is 3.70. The summed E-state index contributed by atoms with van der Waals surface area (Å²) in [5.41, 5.74) is 1.60. The Morgan fingerprint density at radius 2 is 1.86 bits per heavy atom. The molecule has 29 heavy (non-hydrogen) atoms. The number of thioether (sulfide) groups is 1. The van der Waals surface area contributed by atoms with Crippen LogP contribution in [0.15, 0.2) is 47.4 Å². The first-order chi connectivity index (χ1) is 13.9. The monoisotopic (exact) mass is 431 g/mol. The molecule has 0 N–H and O–H groups in total. The minimum Gasteiger partial charge on any atom is -0.493 e. The molecule has 152 valence electrons. The molecule has 1 saturated heterocycles. The number of nitrogens with zero attached hydrogens (tertiary/aromatic N) is 1. The van der Waals surface area contributed by atoms with Crippen molar-refractivity contribution in [2.75, 3.05) is 7.11 Å². The molecule has 1 fully saturated rings. The maximum absolute atomic E-state index is 12.7. The van der Waals surface area contributed by atoms with Crippen LogP contribution in [0.2, 0.25) is 5.02 Å². The van der Waals surface area contributed by atoms with E-state index in [1.807, 2.05) is 26.0 Å². The van der Waals surface area contributed by atoms with Gasteiger partial charge in [-0.25, -0.2) is 0 Å². The van der Waals surface area contributed by atoms with E-state index in [4.69, 9.17) is 21.1 Å². The summed E-state index contributed by atoms with van der Waals surface area (Å²) in [4.78, 5) is 26.7. The summed E-state index contributed by atoms with van der Waals surface area (Å²) >= 11 is 6.82. The number of imide groups is 1. The number of halogens is 1. The summed E-state index contributed by atoms with van der Waals surface area (Å²) in [5.74, 6) is 0.920. The van der Waals surface area contributed by atoms with E-state index in [0.29, 0.717) is 21.4 Å². The van der Waals surface area contributed by atoms with Gasteiger partial charge in [0, 0.05) is 5.02 Å². The Morgan fingerprint density at radius 3 is 2.52 bits per heavy atom. The molecule has 7 heteroatoms. The third-order valence-electron chi connectivity index (χ3n) is 4.52. The Kier molecular flexibility index (Phi) is 6.87. The highest BCUT2D eigenvalue weighted by atomic mass is 35.5. The molecule has 1 heterocycles. The van der Waals surface area contributed by atoms with Crippen molar-refractivity contribution in [3.8, 4) is 11.5 Å². The highest BCUT2D eigenvalue weighted by molar-refractivity contribution is 8.18. The maximum Gasteiger partial charge on any atom is 0.293 e. The van der Waals surface area contributed by atoms with Crippen molar-refractivity contribution in [1.82, 2.24) is 4.90 Å². The molecule has 1 atom stereocenters. The lowest BCUT2D eigenvalue weighted by atomic mass is 10.1. The molecule has 1 aliphatic heterocycles. The molecule has 1 aliphatic rings. The predicted octanol–water partition coefficient (Wildman–Crippen LogP) is 5.76. The normalized spacial score (nSPS) is 16.4. The molecule has 0 aromatic heterocycles. The molecule has 0 aliphatic carbocycles. The molecular weight excluding hydrogens is 410 g/mol. The third-order valence-corrected chi connectivity index (χ3v) is 5.68. The van der Waals surface area contributed by atoms with E-state index < -0.39 is 0 Å². The second kappa shape index (κ2) is 9.37. The van der Waals surface area contributed by atoms with Gasteiger partial charge in [-0.3, -0.25) is 14.5 Å². The molecule has 0 bridgehead atoms. The van der Waals surface area contributed by atoms with Crippen molar-refractivity contribution in [3.05, 3.63) is 63.5 Å². The van der Waals surface area contributed by atoms with Crippen molar-refractivity contribution in [3.63, 3.8) is 0 Å². The second-order valence-electron chi connectivity index (χ2n) is 6.64. The average molecular weight is 432 g/mol. The average Bonchev–Trinajstić information content (AvgIpc) is 2.97. The molecular formula is C22H22ClNO4S. The van der Waals surface area contributed by atoms with Crippen LogP contribution in [0.4, 0.5) is 4.79 Å². The quantitative estimate of drug-likeness (QED) is 0.521. The van der Waals surface area contributed by atoms with Crippen molar-refractivity contribution < 1.29 is 19.1 Å². The smallest absolute Gasteiger partial charge is 0.293 e. The minimum atomic E-state index is -0.311. The van der Waals surface area contributed by atoms with Gasteiger partial charge in [0.05, 0.1) is 24.7 Å². The Balaban J connectivity index is 1.79. The van der Waals surface area contributed by atoms with Crippen LogP contribution in [-0.2, 0) is 11.3 Å². The van der Waals surface area contributed by atoms with Crippen molar-refractivity contribution in [1.29, 1.82) is 0 Å². The predicted molar refractivity (Wildman–Crippen MR) is 116 cm³/mol. The lowest BCUT2D eigenvalue weighted by molar-refractivity contribution is -0.123. The van der Waals surface area contributed by atoms with Crippen LogP contribution in [0.1, 0.15) is 31.4 Å². The zero-order chi connectivity index (χ0) is 21.0. The Bertz CT molecular complexity index is 942. The molecule has 0 saturated carbocycles. The number of benzene rings is 2. The van der Waals surface area contributed by atoms with Gasteiger partial charge >= 0.3 is 0 Å². The van der Waals surface area contributed by atoms with Crippen LogP contribution in [0.25, 0.3) is 6.08 Å². The van der Waals surface area contributed by atoms with Crippen LogP contribution in [0.5, 0.6) is 11.5 Å². The van der Waals surface area contributed by atoms with Crippen LogP contribution in [0.3, 0.4) is 0 Å². The number of hydrogen-bond donors (Lipinski definition) is 0. The molecule has 2 aromatic carbocycles. The van der Waals surface area contributed by atoms with Crippen LogP contribution in [-0.4, -0.2) is 29.3 Å². The van der Waals surface area contributed by atoms with Crippen LogP contribution < -0.4 is 9.47 Å². The van der Waals surface area contributed by atoms with E-state index in [1.54, 1.807) is 43.5 Å². The van der Waals surface area contributed by atoms with Crippen LogP contribution in [0, 0.1) is 0 Å². The van der Waals surface area contributed by atoms with Gasteiger partial charge in [0.1, 0.15) is 0 Å². The molecule has 0 radical (unpaired) electrons. The summed E-state index contributed by atoms with van der Waals surface area (Å²) in [6.45, 7) is 4.25. The van der Waals surface area contributed by atoms with Crippen molar-refractivity contribution in [2.24, 2.45) is 0 Å². The molecule has 0 spiro atoms. The number of ether oxygens (including phenoxy) is 2.